The van der Waals surface area contributed by atoms with E-state index in [1.807, 2.05) is 6.92 Å². The summed E-state index contributed by atoms with van der Waals surface area (Å²) < 4.78 is 5.32. The number of ether oxygens (including phenoxy) is 1. The van der Waals surface area contributed by atoms with Crippen LogP contribution in [-0.4, -0.2) is 19.3 Å². The summed E-state index contributed by atoms with van der Waals surface area (Å²) >= 11 is 0. The predicted molar refractivity (Wildman–Crippen MR) is 73.3 cm³/mol. The fraction of sp³-hybridized carbons (Fsp3) is 0.600. The van der Waals surface area contributed by atoms with E-state index in [1.54, 1.807) is 0 Å². The van der Waals surface area contributed by atoms with Crippen LogP contribution >= 0.6 is 0 Å². The van der Waals surface area contributed by atoms with Crippen molar-refractivity contribution < 1.29 is 4.74 Å². The maximum atomic E-state index is 6.13. The third-order valence-electron chi connectivity index (χ3n) is 2.85. The van der Waals surface area contributed by atoms with E-state index in [0.717, 1.165) is 32.5 Å². The van der Waals surface area contributed by atoms with Crippen LogP contribution in [0.5, 0.6) is 0 Å². The zero-order chi connectivity index (χ0) is 12.7. The smallest absolute Gasteiger partial charge is 0.0466 e. The SMILES string of the molecule is CCOCCCC(N)Cc1cc(C)cc(C)c1. The third kappa shape index (κ3) is 5.85. The number of rotatable bonds is 7. The molecule has 1 aromatic rings. The Hall–Kier alpha value is -0.860. The molecular weight excluding hydrogens is 210 g/mol. The molecule has 0 bridgehead atoms. The Morgan fingerprint density at radius 2 is 1.82 bits per heavy atom. The van der Waals surface area contributed by atoms with Gasteiger partial charge in [-0.05, 0) is 45.6 Å². The van der Waals surface area contributed by atoms with Gasteiger partial charge < -0.3 is 10.5 Å². The summed E-state index contributed by atoms with van der Waals surface area (Å²) in [6, 6.07) is 6.91. The molecule has 0 fully saturated rings. The summed E-state index contributed by atoms with van der Waals surface area (Å²) in [5.74, 6) is 0. The molecular formula is C15H25NO. The van der Waals surface area contributed by atoms with E-state index in [0.29, 0.717) is 0 Å². The van der Waals surface area contributed by atoms with E-state index in [4.69, 9.17) is 10.5 Å². The molecule has 0 aliphatic carbocycles. The van der Waals surface area contributed by atoms with Gasteiger partial charge in [0.2, 0.25) is 0 Å². The van der Waals surface area contributed by atoms with Gasteiger partial charge in [-0.2, -0.15) is 0 Å². The van der Waals surface area contributed by atoms with Gasteiger partial charge in [0.25, 0.3) is 0 Å². The standard InChI is InChI=1S/C15H25NO/c1-4-17-7-5-6-15(16)11-14-9-12(2)8-13(3)10-14/h8-10,15H,4-7,11,16H2,1-3H3. The van der Waals surface area contributed by atoms with Crippen LogP contribution in [0.2, 0.25) is 0 Å². The van der Waals surface area contributed by atoms with Crippen LogP contribution < -0.4 is 5.73 Å². The second-order valence-corrected chi connectivity index (χ2v) is 4.80. The van der Waals surface area contributed by atoms with Gasteiger partial charge in [0.15, 0.2) is 0 Å². The molecule has 1 aromatic carbocycles. The fourth-order valence-electron chi connectivity index (χ4n) is 2.18. The Labute approximate surface area is 105 Å². The summed E-state index contributed by atoms with van der Waals surface area (Å²) in [6.45, 7) is 7.92. The van der Waals surface area contributed by atoms with Gasteiger partial charge in [0.05, 0.1) is 0 Å². The van der Waals surface area contributed by atoms with Crippen LogP contribution in [0.25, 0.3) is 0 Å². The van der Waals surface area contributed by atoms with Crippen molar-refractivity contribution in [1.82, 2.24) is 0 Å². The number of hydrogen-bond donors (Lipinski definition) is 1. The molecule has 0 amide bonds. The minimum Gasteiger partial charge on any atom is -0.382 e. The minimum atomic E-state index is 0.247. The van der Waals surface area contributed by atoms with Gasteiger partial charge >= 0.3 is 0 Å². The number of aryl methyl sites for hydroxylation is 2. The molecule has 0 saturated carbocycles. The molecule has 96 valence electrons. The van der Waals surface area contributed by atoms with E-state index >= 15 is 0 Å². The largest absolute Gasteiger partial charge is 0.382 e. The van der Waals surface area contributed by atoms with Crippen molar-refractivity contribution in [2.75, 3.05) is 13.2 Å². The van der Waals surface area contributed by atoms with Gasteiger partial charge in [-0.25, -0.2) is 0 Å². The lowest BCUT2D eigenvalue weighted by Gasteiger charge is -2.12. The lowest BCUT2D eigenvalue weighted by Crippen LogP contribution is -2.23. The highest BCUT2D eigenvalue weighted by atomic mass is 16.5. The van der Waals surface area contributed by atoms with E-state index < -0.39 is 0 Å². The van der Waals surface area contributed by atoms with E-state index in [1.165, 1.54) is 16.7 Å². The van der Waals surface area contributed by atoms with E-state index in [2.05, 4.69) is 32.0 Å². The molecule has 0 aliphatic heterocycles. The molecule has 1 atom stereocenters. The quantitative estimate of drug-likeness (QED) is 0.737. The summed E-state index contributed by atoms with van der Waals surface area (Å²) in [4.78, 5) is 0. The number of nitrogens with two attached hydrogens (primary N) is 1. The summed E-state index contributed by atoms with van der Waals surface area (Å²) in [7, 11) is 0. The van der Waals surface area contributed by atoms with Crippen LogP contribution in [0, 0.1) is 13.8 Å². The molecule has 0 radical (unpaired) electrons. The van der Waals surface area contributed by atoms with Crippen molar-refractivity contribution >= 4 is 0 Å². The van der Waals surface area contributed by atoms with Gasteiger partial charge in [0, 0.05) is 19.3 Å². The van der Waals surface area contributed by atoms with Gasteiger partial charge in [-0.3, -0.25) is 0 Å². The van der Waals surface area contributed by atoms with Crippen molar-refractivity contribution in [3.05, 3.63) is 34.9 Å². The number of benzene rings is 1. The van der Waals surface area contributed by atoms with Crippen LogP contribution in [0.1, 0.15) is 36.5 Å². The first kappa shape index (κ1) is 14.2. The average molecular weight is 235 g/mol. The van der Waals surface area contributed by atoms with Crippen LogP contribution in [0.15, 0.2) is 18.2 Å². The predicted octanol–water partition coefficient (Wildman–Crippen LogP) is 2.99. The molecule has 2 heteroatoms. The molecule has 1 rings (SSSR count). The van der Waals surface area contributed by atoms with Crippen molar-refractivity contribution in [2.24, 2.45) is 5.73 Å². The molecule has 0 aromatic heterocycles. The first-order valence-electron chi connectivity index (χ1n) is 6.52. The van der Waals surface area contributed by atoms with Gasteiger partial charge in [-0.15, -0.1) is 0 Å². The Bertz CT molecular complexity index is 315. The highest BCUT2D eigenvalue weighted by Gasteiger charge is 2.05. The minimum absolute atomic E-state index is 0.247. The second kappa shape index (κ2) is 7.46. The van der Waals surface area contributed by atoms with Crippen molar-refractivity contribution in [2.45, 2.75) is 46.1 Å². The lowest BCUT2D eigenvalue weighted by molar-refractivity contribution is 0.142. The Morgan fingerprint density at radius 1 is 1.18 bits per heavy atom. The highest BCUT2D eigenvalue weighted by Crippen LogP contribution is 2.12. The zero-order valence-corrected chi connectivity index (χ0v) is 11.3. The molecule has 0 heterocycles. The molecule has 0 saturated heterocycles. The molecule has 2 N–H and O–H groups in total. The van der Waals surface area contributed by atoms with Crippen molar-refractivity contribution in [1.29, 1.82) is 0 Å². The summed E-state index contributed by atoms with van der Waals surface area (Å²) in [5, 5.41) is 0. The molecule has 0 aliphatic rings. The number of hydrogen-bond acceptors (Lipinski definition) is 2. The molecule has 0 spiro atoms. The maximum absolute atomic E-state index is 6.13. The first-order chi connectivity index (χ1) is 8.11. The second-order valence-electron chi connectivity index (χ2n) is 4.80. The van der Waals surface area contributed by atoms with Crippen molar-refractivity contribution in [3.8, 4) is 0 Å². The fourth-order valence-corrected chi connectivity index (χ4v) is 2.18. The topological polar surface area (TPSA) is 35.2 Å². The molecule has 17 heavy (non-hydrogen) atoms. The molecule has 2 nitrogen and oxygen atoms in total. The average Bonchev–Trinajstić information content (AvgIpc) is 2.23. The monoisotopic (exact) mass is 235 g/mol. The first-order valence-corrected chi connectivity index (χ1v) is 6.52. The van der Waals surface area contributed by atoms with E-state index in [-0.39, 0.29) is 6.04 Å². The van der Waals surface area contributed by atoms with Gasteiger partial charge in [-0.1, -0.05) is 29.3 Å². The summed E-state index contributed by atoms with van der Waals surface area (Å²) in [5.41, 5.74) is 10.1. The third-order valence-corrected chi connectivity index (χ3v) is 2.85. The lowest BCUT2D eigenvalue weighted by atomic mass is 9.99. The van der Waals surface area contributed by atoms with Crippen molar-refractivity contribution in [3.63, 3.8) is 0 Å². The maximum Gasteiger partial charge on any atom is 0.0466 e. The summed E-state index contributed by atoms with van der Waals surface area (Å²) in [6.07, 6.45) is 3.06. The Balaban J connectivity index is 2.36. The van der Waals surface area contributed by atoms with Crippen LogP contribution in [0.3, 0.4) is 0 Å². The normalized spacial score (nSPS) is 12.7. The van der Waals surface area contributed by atoms with E-state index in [9.17, 15) is 0 Å². The zero-order valence-electron chi connectivity index (χ0n) is 11.3. The highest BCUT2D eigenvalue weighted by molar-refractivity contribution is 5.29. The van der Waals surface area contributed by atoms with Crippen LogP contribution in [0.4, 0.5) is 0 Å². The Kier molecular flexibility index (Phi) is 6.23. The Morgan fingerprint density at radius 3 is 2.41 bits per heavy atom. The molecule has 1 unspecified atom stereocenters. The van der Waals surface area contributed by atoms with Crippen LogP contribution in [-0.2, 0) is 11.2 Å². The van der Waals surface area contributed by atoms with Gasteiger partial charge in [0.1, 0.15) is 0 Å².